The molecular weight excluding hydrogens is 240 g/mol. The van der Waals surface area contributed by atoms with Gasteiger partial charge in [-0.1, -0.05) is 42.1 Å². The number of nitrogens with two attached hydrogens (primary N) is 1. The summed E-state index contributed by atoms with van der Waals surface area (Å²) in [6.07, 6.45) is 1.80. The normalized spacial score (nSPS) is 10.7. The molecule has 3 heteroatoms. The lowest BCUT2D eigenvalue weighted by Gasteiger charge is -2.03. The van der Waals surface area contributed by atoms with Crippen molar-refractivity contribution >= 4 is 28.4 Å². The molecule has 0 saturated carbocycles. The molecule has 1 aromatic heterocycles. The predicted molar refractivity (Wildman–Crippen MR) is 76.7 cm³/mol. The summed E-state index contributed by atoms with van der Waals surface area (Å²) >= 11 is 1.69. The minimum Gasteiger partial charge on any atom is -0.384 e. The van der Waals surface area contributed by atoms with Crippen LogP contribution in [0.2, 0.25) is 0 Å². The van der Waals surface area contributed by atoms with E-state index in [-0.39, 0.29) is 0 Å². The Bertz CT molecular complexity index is 677. The molecule has 0 saturated heterocycles. The van der Waals surface area contributed by atoms with E-state index >= 15 is 0 Å². The van der Waals surface area contributed by atoms with Gasteiger partial charge >= 0.3 is 0 Å². The van der Waals surface area contributed by atoms with Crippen molar-refractivity contribution in [2.45, 2.75) is 9.79 Å². The number of nitrogens with zero attached hydrogens (tertiary/aromatic N) is 1. The molecule has 0 atom stereocenters. The summed E-state index contributed by atoms with van der Waals surface area (Å²) < 4.78 is 0. The zero-order valence-electron chi connectivity index (χ0n) is 9.71. The first-order valence-electron chi connectivity index (χ1n) is 5.69. The molecule has 0 bridgehead atoms. The van der Waals surface area contributed by atoms with Crippen LogP contribution >= 0.6 is 11.8 Å². The second-order valence-corrected chi connectivity index (χ2v) is 5.18. The van der Waals surface area contributed by atoms with E-state index in [1.807, 2.05) is 12.1 Å². The van der Waals surface area contributed by atoms with Crippen molar-refractivity contribution in [2.24, 2.45) is 0 Å². The van der Waals surface area contributed by atoms with Gasteiger partial charge in [0.1, 0.15) is 5.82 Å². The Labute approximate surface area is 110 Å². The summed E-state index contributed by atoms with van der Waals surface area (Å²) in [7, 11) is 0. The number of hydrogen-bond donors (Lipinski definition) is 1. The van der Waals surface area contributed by atoms with E-state index in [0.29, 0.717) is 5.82 Å². The van der Waals surface area contributed by atoms with Gasteiger partial charge in [-0.25, -0.2) is 4.98 Å². The molecule has 0 radical (unpaired) electrons. The number of anilines is 1. The van der Waals surface area contributed by atoms with E-state index in [2.05, 4.69) is 47.4 Å². The lowest BCUT2D eigenvalue weighted by molar-refractivity contribution is 1.24. The molecule has 2 aromatic carbocycles. The van der Waals surface area contributed by atoms with Crippen LogP contribution in [-0.4, -0.2) is 4.98 Å². The summed E-state index contributed by atoms with van der Waals surface area (Å²) in [6.45, 7) is 0. The predicted octanol–water partition coefficient (Wildman–Crippen LogP) is 3.97. The van der Waals surface area contributed by atoms with Crippen molar-refractivity contribution < 1.29 is 0 Å². The number of rotatable bonds is 2. The second-order valence-electron chi connectivity index (χ2n) is 4.03. The van der Waals surface area contributed by atoms with Crippen molar-refractivity contribution in [1.29, 1.82) is 0 Å². The van der Waals surface area contributed by atoms with Crippen molar-refractivity contribution in [3.8, 4) is 0 Å². The van der Waals surface area contributed by atoms with Gasteiger partial charge in [0.05, 0.1) is 0 Å². The average Bonchev–Trinajstić information content (AvgIpc) is 2.41. The van der Waals surface area contributed by atoms with E-state index in [9.17, 15) is 0 Å². The maximum atomic E-state index is 5.57. The number of fused-ring (bicyclic) bond motifs is 1. The third kappa shape index (κ3) is 2.31. The van der Waals surface area contributed by atoms with Gasteiger partial charge in [-0.2, -0.15) is 0 Å². The van der Waals surface area contributed by atoms with Crippen LogP contribution in [0.3, 0.4) is 0 Å². The summed E-state index contributed by atoms with van der Waals surface area (Å²) in [4.78, 5) is 6.40. The molecule has 0 aliphatic rings. The first-order chi connectivity index (χ1) is 8.81. The van der Waals surface area contributed by atoms with E-state index in [1.54, 1.807) is 18.0 Å². The van der Waals surface area contributed by atoms with Crippen molar-refractivity contribution in [2.75, 3.05) is 5.73 Å². The zero-order valence-corrected chi connectivity index (χ0v) is 10.5. The number of benzene rings is 2. The molecule has 3 aromatic rings. The first kappa shape index (κ1) is 11.1. The summed E-state index contributed by atoms with van der Waals surface area (Å²) in [5, 5.41) is 2.52. The fourth-order valence-electron chi connectivity index (χ4n) is 1.82. The molecule has 2 N–H and O–H groups in total. The molecule has 0 amide bonds. The number of aromatic nitrogens is 1. The number of nitrogen functional groups attached to an aromatic ring is 1. The van der Waals surface area contributed by atoms with Crippen LogP contribution in [0.5, 0.6) is 0 Å². The third-order valence-corrected chi connectivity index (χ3v) is 3.68. The van der Waals surface area contributed by atoms with Crippen LogP contribution < -0.4 is 5.73 Å². The lowest BCUT2D eigenvalue weighted by Crippen LogP contribution is -1.87. The van der Waals surface area contributed by atoms with Crippen molar-refractivity contribution in [3.63, 3.8) is 0 Å². The fraction of sp³-hybridized carbons (Fsp3) is 0. The Morgan fingerprint density at radius 1 is 0.833 bits per heavy atom. The molecule has 0 aliphatic carbocycles. The molecule has 0 unspecified atom stereocenters. The van der Waals surface area contributed by atoms with E-state index < -0.39 is 0 Å². The highest BCUT2D eigenvalue weighted by molar-refractivity contribution is 7.99. The van der Waals surface area contributed by atoms with Gasteiger partial charge in [-0.05, 0) is 35.0 Å². The van der Waals surface area contributed by atoms with Crippen LogP contribution in [0.4, 0.5) is 5.82 Å². The molecule has 0 fully saturated rings. The summed E-state index contributed by atoms with van der Waals surface area (Å²) in [5.74, 6) is 0.554. The first-order valence-corrected chi connectivity index (χ1v) is 6.51. The van der Waals surface area contributed by atoms with Crippen LogP contribution in [0.1, 0.15) is 0 Å². The van der Waals surface area contributed by atoms with Gasteiger partial charge in [0.25, 0.3) is 0 Å². The summed E-state index contributed by atoms with van der Waals surface area (Å²) in [6, 6.07) is 18.6. The Morgan fingerprint density at radius 3 is 2.39 bits per heavy atom. The minimum absolute atomic E-state index is 0.554. The molecule has 1 heterocycles. The smallest absolute Gasteiger partial charge is 0.123 e. The molecule has 18 heavy (non-hydrogen) atoms. The maximum Gasteiger partial charge on any atom is 0.123 e. The van der Waals surface area contributed by atoms with Gasteiger partial charge in [-0.3, -0.25) is 0 Å². The molecular formula is C15H12N2S. The van der Waals surface area contributed by atoms with Gasteiger partial charge in [0.15, 0.2) is 0 Å². The average molecular weight is 252 g/mol. The zero-order chi connectivity index (χ0) is 12.4. The minimum atomic E-state index is 0.554. The van der Waals surface area contributed by atoms with Crippen molar-refractivity contribution in [1.82, 2.24) is 4.98 Å². The molecule has 2 nitrogen and oxygen atoms in total. The maximum absolute atomic E-state index is 5.57. The summed E-state index contributed by atoms with van der Waals surface area (Å²) in [5.41, 5.74) is 5.57. The second kappa shape index (κ2) is 4.70. The van der Waals surface area contributed by atoms with Gasteiger partial charge in [-0.15, -0.1) is 0 Å². The van der Waals surface area contributed by atoms with Crippen molar-refractivity contribution in [3.05, 3.63) is 60.8 Å². The monoisotopic (exact) mass is 252 g/mol. The standard InChI is InChI=1S/C15H12N2S/c16-15-8-7-14(10-17-15)18-13-6-5-11-3-1-2-4-12(11)9-13/h1-10H,(H2,16,17). The SMILES string of the molecule is Nc1ccc(Sc2ccc3ccccc3c2)cn1. The Morgan fingerprint density at radius 2 is 1.61 bits per heavy atom. The van der Waals surface area contributed by atoms with Crippen LogP contribution in [0.25, 0.3) is 10.8 Å². The molecule has 0 aliphatic heterocycles. The van der Waals surface area contributed by atoms with Crippen LogP contribution in [0.15, 0.2) is 70.6 Å². The van der Waals surface area contributed by atoms with Crippen LogP contribution in [0, 0.1) is 0 Å². The highest BCUT2D eigenvalue weighted by Gasteiger charge is 1.99. The van der Waals surface area contributed by atoms with Crippen LogP contribution in [-0.2, 0) is 0 Å². The van der Waals surface area contributed by atoms with Gasteiger partial charge < -0.3 is 5.73 Å². The van der Waals surface area contributed by atoms with E-state index in [0.717, 1.165) is 4.90 Å². The van der Waals surface area contributed by atoms with Gasteiger partial charge in [0, 0.05) is 16.0 Å². The van der Waals surface area contributed by atoms with E-state index in [1.165, 1.54) is 15.7 Å². The Kier molecular flexibility index (Phi) is 2.90. The third-order valence-electron chi connectivity index (χ3n) is 2.72. The Balaban J connectivity index is 1.92. The molecule has 88 valence electrons. The highest BCUT2D eigenvalue weighted by atomic mass is 32.2. The largest absolute Gasteiger partial charge is 0.384 e. The number of pyridine rings is 1. The fourth-order valence-corrected chi connectivity index (χ4v) is 2.65. The van der Waals surface area contributed by atoms with Gasteiger partial charge in [0.2, 0.25) is 0 Å². The molecule has 0 spiro atoms. The highest BCUT2D eigenvalue weighted by Crippen LogP contribution is 2.29. The lowest BCUT2D eigenvalue weighted by atomic mass is 10.1. The molecule has 3 rings (SSSR count). The topological polar surface area (TPSA) is 38.9 Å². The van der Waals surface area contributed by atoms with E-state index in [4.69, 9.17) is 5.73 Å². The Hall–Kier alpha value is -2.00. The quantitative estimate of drug-likeness (QED) is 0.750. The number of hydrogen-bond acceptors (Lipinski definition) is 3.